The fourth-order valence-electron chi connectivity index (χ4n) is 4.87. The van der Waals surface area contributed by atoms with Crippen molar-refractivity contribution in [3.63, 3.8) is 0 Å². The molecule has 0 aliphatic carbocycles. The van der Waals surface area contributed by atoms with Crippen molar-refractivity contribution in [1.82, 2.24) is 24.6 Å². The van der Waals surface area contributed by atoms with Crippen molar-refractivity contribution in [1.29, 1.82) is 0 Å². The molecule has 2 saturated heterocycles. The van der Waals surface area contributed by atoms with E-state index in [2.05, 4.69) is 10.1 Å². The van der Waals surface area contributed by atoms with Gasteiger partial charge in [0.25, 0.3) is 5.91 Å². The van der Waals surface area contributed by atoms with Gasteiger partial charge in [0.2, 0.25) is 5.91 Å². The number of carbonyl (C=O) groups excluding carboxylic acids is 2. The molecule has 0 unspecified atom stereocenters. The van der Waals surface area contributed by atoms with Crippen LogP contribution in [-0.2, 0) is 23.1 Å². The highest BCUT2D eigenvalue weighted by Crippen LogP contribution is 2.32. The molecule has 2 fully saturated rings. The molecule has 1 aromatic carbocycles. The maximum absolute atomic E-state index is 13.3. The highest BCUT2D eigenvalue weighted by molar-refractivity contribution is 5.95. The molecule has 2 aliphatic rings. The average Bonchev–Trinajstić information content (AvgIpc) is 3.19. The smallest absolute Gasteiger partial charge is 0.253 e. The number of aromatic nitrogens is 3. The lowest BCUT2D eigenvalue weighted by Crippen LogP contribution is -2.54. The quantitative estimate of drug-likeness (QED) is 0.599. The van der Waals surface area contributed by atoms with Gasteiger partial charge in [-0.2, -0.15) is 5.10 Å². The van der Waals surface area contributed by atoms with Crippen LogP contribution in [0.15, 0.2) is 61.1 Å². The van der Waals surface area contributed by atoms with E-state index < -0.39 is 5.60 Å². The van der Waals surface area contributed by atoms with Gasteiger partial charge in [0, 0.05) is 50.2 Å². The van der Waals surface area contributed by atoms with Gasteiger partial charge >= 0.3 is 0 Å². The fourth-order valence-corrected chi connectivity index (χ4v) is 4.87. The van der Waals surface area contributed by atoms with Gasteiger partial charge < -0.3 is 14.5 Å². The Kier molecular flexibility index (Phi) is 6.15. The highest BCUT2D eigenvalue weighted by atomic mass is 16.5. The summed E-state index contributed by atoms with van der Waals surface area (Å²) >= 11 is 0. The first-order valence-corrected chi connectivity index (χ1v) is 11.7. The molecule has 2 aliphatic heterocycles. The number of pyridine rings is 1. The molecule has 4 heterocycles. The number of rotatable bonds is 4. The summed E-state index contributed by atoms with van der Waals surface area (Å²) in [7, 11) is 1.85. The zero-order chi connectivity index (χ0) is 23.5. The summed E-state index contributed by atoms with van der Waals surface area (Å²) in [5.41, 5.74) is 2.94. The van der Waals surface area contributed by atoms with Gasteiger partial charge in [-0.05, 0) is 37.0 Å². The number of nitrogens with zero attached hydrogens (tertiary/aromatic N) is 5. The van der Waals surface area contributed by atoms with E-state index in [1.165, 1.54) is 0 Å². The molecule has 8 heteroatoms. The zero-order valence-corrected chi connectivity index (χ0v) is 19.4. The van der Waals surface area contributed by atoms with Crippen molar-refractivity contribution < 1.29 is 14.3 Å². The maximum atomic E-state index is 13.3. The lowest BCUT2D eigenvalue weighted by Gasteiger charge is -2.42. The fraction of sp³-hybridized carbons (Fsp3) is 0.385. The van der Waals surface area contributed by atoms with E-state index in [0.717, 1.165) is 29.7 Å². The second kappa shape index (κ2) is 9.38. The third-order valence-corrected chi connectivity index (χ3v) is 6.74. The molecule has 0 bridgehead atoms. The van der Waals surface area contributed by atoms with E-state index in [4.69, 9.17) is 4.74 Å². The van der Waals surface area contributed by atoms with E-state index in [-0.39, 0.29) is 18.4 Å². The van der Waals surface area contributed by atoms with E-state index in [9.17, 15) is 9.59 Å². The highest BCUT2D eigenvalue weighted by Gasteiger charge is 2.41. The summed E-state index contributed by atoms with van der Waals surface area (Å²) in [6.07, 6.45) is 7.67. The molecule has 0 radical (unpaired) electrons. The van der Waals surface area contributed by atoms with Gasteiger partial charge in [-0.1, -0.05) is 30.3 Å². The summed E-state index contributed by atoms with van der Waals surface area (Å²) < 4.78 is 7.85. The Morgan fingerprint density at radius 2 is 2.00 bits per heavy atom. The molecule has 2 aromatic heterocycles. The molecular weight excluding hydrogens is 430 g/mol. The Morgan fingerprint density at radius 1 is 1.15 bits per heavy atom. The van der Waals surface area contributed by atoms with Crippen LogP contribution in [0.1, 0.15) is 35.2 Å². The van der Waals surface area contributed by atoms with E-state index in [0.29, 0.717) is 38.2 Å². The number of morpholine rings is 1. The minimum atomic E-state index is -0.406. The van der Waals surface area contributed by atoms with Gasteiger partial charge in [-0.25, -0.2) is 0 Å². The van der Waals surface area contributed by atoms with E-state index in [1.807, 2.05) is 59.4 Å². The lowest BCUT2D eigenvalue weighted by molar-refractivity contribution is -0.166. The second-order valence-corrected chi connectivity index (χ2v) is 9.19. The molecule has 5 rings (SSSR count). The molecule has 0 saturated carbocycles. The number of ether oxygens (including phenoxy) is 1. The summed E-state index contributed by atoms with van der Waals surface area (Å²) in [6, 6.07) is 13.6. The summed E-state index contributed by atoms with van der Waals surface area (Å²) in [5, 5.41) is 4.20. The predicted molar refractivity (Wildman–Crippen MR) is 127 cm³/mol. The van der Waals surface area contributed by atoms with Crippen molar-refractivity contribution >= 4 is 11.8 Å². The van der Waals surface area contributed by atoms with Gasteiger partial charge in [-0.3, -0.25) is 19.3 Å². The van der Waals surface area contributed by atoms with Crippen LogP contribution in [0.25, 0.3) is 11.3 Å². The molecule has 1 spiro atoms. The minimum absolute atomic E-state index is 0.00221. The van der Waals surface area contributed by atoms with Crippen molar-refractivity contribution in [3.05, 3.63) is 72.2 Å². The van der Waals surface area contributed by atoms with Crippen LogP contribution in [0.4, 0.5) is 0 Å². The van der Waals surface area contributed by atoms with Crippen LogP contribution in [0.5, 0.6) is 0 Å². The normalized spacial score (nSPS) is 21.0. The number of benzene rings is 1. The number of hydrogen-bond donors (Lipinski definition) is 0. The minimum Gasteiger partial charge on any atom is -0.363 e. The van der Waals surface area contributed by atoms with Gasteiger partial charge in [0.15, 0.2) is 0 Å². The first-order chi connectivity index (χ1) is 16.5. The second-order valence-electron chi connectivity index (χ2n) is 9.19. The van der Waals surface area contributed by atoms with Crippen molar-refractivity contribution in [2.75, 3.05) is 26.2 Å². The number of carbonyl (C=O) groups is 2. The lowest BCUT2D eigenvalue weighted by atomic mass is 9.92. The number of likely N-dealkylation sites (tertiary alicyclic amines) is 1. The van der Waals surface area contributed by atoms with Gasteiger partial charge in [0.05, 0.1) is 24.0 Å². The standard InChI is InChI=1S/C26H29N5O3/c1-29-17-22(15-28-29)23-14-21(8-11-27-23)25(33)30-12-5-9-26(10-13-30)19-31(24(32)18-34-26)16-20-6-3-2-4-7-20/h2-4,6-8,11,14-15,17H,5,9-10,12-13,16,18-19H2,1H3/t26-/m1/s1. The van der Waals surface area contributed by atoms with Crippen LogP contribution in [0, 0.1) is 0 Å². The summed E-state index contributed by atoms with van der Waals surface area (Å²) in [4.78, 5) is 34.1. The summed E-state index contributed by atoms with van der Waals surface area (Å²) in [6.45, 7) is 2.50. The van der Waals surface area contributed by atoms with Crippen molar-refractivity contribution in [2.24, 2.45) is 7.05 Å². The van der Waals surface area contributed by atoms with Gasteiger partial charge in [-0.15, -0.1) is 0 Å². The molecular formula is C26H29N5O3. The van der Waals surface area contributed by atoms with Crippen molar-refractivity contribution in [2.45, 2.75) is 31.4 Å². The third-order valence-electron chi connectivity index (χ3n) is 6.74. The Hall–Kier alpha value is -3.52. The molecule has 176 valence electrons. The molecule has 34 heavy (non-hydrogen) atoms. The SMILES string of the molecule is Cn1cc(-c2cc(C(=O)N3CCC[C@@]4(CC3)CN(Cc3ccccc3)C(=O)CO4)ccn2)cn1. The molecule has 3 aromatic rings. The molecule has 1 atom stereocenters. The number of hydrogen-bond acceptors (Lipinski definition) is 5. The third kappa shape index (κ3) is 4.72. The monoisotopic (exact) mass is 459 g/mol. The Labute approximate surface area is 199 Å². The Morgan fingerprint density at radius 3 is 2.79 bits per heavy atom. The number of aryl methyl sites for hydroxylation is 1. The van der Waals surface area contributed by atoms with Gasteiger partial charge in [0.1, 0.15) is 6.61 Å². The number of amides is 2. The van der Waals surface area contributed by atoms with E-state index >= 15 is 0 Å². The topological polar surface area (TPSA) is 80.6 Å². The predicted octanol–water partition coefficient (Wildman–Crippen LogP) is 2.91. The maximum Gasteiger partial charge on any atom is 0.253 e. The summed E-state index contributed by atoms with van der Waals surface area (Å²) in [5.74, 6) is 0.0176. The van der Waals surface area contributed by atoms with E-state index in [1.54, 1.807) is 23.1 Å². The Balaban J connectivity index is 1.27. The first kappa shape index (κ1) is 22.3. The van der Waals surface area contributed by atoms with Crippen LogP contribution < -0.4 is 0 Å². The molecule has 2 amide bonds. The van der Waals surface area contributed by atoms with Crippen molar-refractivity contribution in [3.8, 4) is 11.3 Å². The van der Waals surface area contributed by atoms with Crippen LogP contribution >= 0.6 is 0 Å². The average molecular weight is 460 g/mol. The zero-order valence-electron chi connectivity index (χ0n) is 19.4. The molecule has 8 nitrogen and oxygen atoms in total. The van der Waals surface area contributed by atoms with Crippen LogP contribution in [0.3, 0.4) is 0 Å². The molecule has 0 N–H and O–H groups in total. The van der Waals surface area contributed by atoms with Crippen LogP contribution in [-0.4, -0.2) is 68.2 Å². The first-order valence-electron chi connectivity index (χ1n) is 11.7. The largest absolute Gasteiger partial charge is 0.363 e. The van der Waals surface area contributed by atoms with Crippen LogP contribution in [0.2, 0.25) is 0 Å². The Bertz CT molecular complexity index is 1180.